The largest absolute Gasteiger partial charge is 0.399 e. The van der Waals surface area contributed by atoms with Gasteiger partial charge in [0.1, 0.15) is 0 Å². The lowest BCUT2D eigenvalue weighted by Gasteiger charge is -2.10. The number of nitro groups is 1. The molecule has 0 aromatic heterocycles. The zero-order valence-corrected chi connectivity index (χ0v) is 12.7. The van der Waals surface area contributed by atoms with Gasteiger partial charge in [0, 0.05) is 22.3 Å². The van der Waals surface area contributed by atoms with E-state index in [-0.39, 0.29) is 5.69 Å². The van der Waals surface area contributed by atoms with Crippen LogP contribution in [0.5, 0.6) is 0 Å². The molecule has 0 atom stereocenters. The molecular formula is C14H12BrN3O3. The maximum Gasteiger partial charge on any atom is 0.271 e. The molecular weight excluding hydrogens is 338 g/mol. The van der Waals surface area contributed by atoms with Crippen molar-refractivity contribution in [2.24, 2.45) is 0 Å². The van der Waals surface area contributed by atoms with Gasteiger partial charge < -0.3 is 11.1 Å². The van der Waals surface area contributed by atoms with Crippen LogP contribution in [0.1, 0.15) is 15.9 Å². The number of aryl methyl sites for hydroxylation is 1. The normalized spacial score (nSPS) is 10.2. The Labute approximate surface area is 129 Å². The minimum absolute atomic E-state index is 0.0810. The van der Waals surface area contributed by atoms with Crippen molar-refractivity contribution in [1.29, 1.82) is 0 Å². The van der Waals surface area contributed by atoms with E-state index in [1.54, 1.807) is 25.1 Å². The standard InChI is InChI=1S/C14H12BrN3O3/c1-8-2-4-10(18(20)21)7-13(8)17-14(19)11-6-9(16)3-5-12(11)15/h2-7H,16H2,1H3,(H,17,19). The minimum atomic E-state index is -0.508. The molecule has 0 spiro atoms. The lowest BCUT2D eigenvalue weighted by atomic mass is 10.1. The van der Waals surface area contributed by atoms with Crippen molar-refractivity contribution in [1.82, 2.24) is 0 Å². The molecule has 108 valence electrons. The van der Waals surface area contributed by atoms with Crippen LogP contribution in [0.15, 0.2) is 40.9 Å². The maximum absolute atomic E-state index is 12.3. The van der Waals surface area contributed by atoms with Gasteiger partial charge in [-0.3, -0.25) is 14.9 Å². The van der Waals surface area contributed by atoms with E-state index in [0.717, 1.165) is 5.56 Å². The van der Waals surface area contributed by atoms with Gasteiger partial charge in [-0.1, -0.05) is 6.07 Å². The molecule has 6 nitrogen and oxygen atoms in total. The number of carbonyl (C=O) groups is 1. The lowest BCUT2D eigenvalue weighted by Crippen LogP contribution is -2.14. The van der Waals surface area contributed by atoms with Gasteiger partial charge in [0.2, 0.25) is 0 Å². The number of nitrogen functional groups attached to an aromatic ring is 1. The fraction of sp³-hybridized carbons (Fsp3) is 0.0714. The lowest BCUT2D eigenvalue weighted by molar-refractivity contribution is -0.384. The van der Waals surface area contributed by atoms with Gasteiger partial charge in [-0.2, -0.15) is 0 Å². The van der Waals surface area contributed by atoms with Gasteiger partial charge in [0.05, 0.1) is 16.2 Å². The number of hydrogen-bond donors (Lipinski definition) is 2. The number of nitrogens with two attached hydrogens (primary N) is 1. The smallest absolute Gasteiger partial charge is 0.271 e. The number of nitro benzene ring substituents is 1. The summed E-state index contributed by atoms with van der Waals surface area (Å²) in [6.45, 7) is 1.76. The summed E-state index contributed by atoms with van der Waals surface area (Å²) in [5.41, 5.74) is 7.52. The molecule has 2 aromatic rings. The van der Waals surface area contributed by atoms with Crippen molar-refractivity contribution in [3.05, 3.63) is 62.1 Å². The van der Waals surface area contributed by atoms with E-state index < -0.39 is 10.8 Å². The quantitative estimate of drug-likeness (QED) is 0.503. The van der Waals surface area contributed by atoms with Crippen molar-refractivity contribution in [2.45, 2.75) is 6.92 Å². The molecule has 0 aliphatic carbocycles. The van der Waals surface area contributed by atoms with E-state index in [1.807, 2.05) is 0 Å². The van der Waals surface area contributed by atoms with Crippen molar-refractivity contribution in [3.63, 3.8) is 0 Å². The zero-order chi connectivity index (χ0) is 15.6. The highest BCUT2D eigenvalue weighted by molar-refractivity contribution is 9.10. The summed E-state index contributed by atoms with van der Waals surface area (Å²) in [7, 11) is 0. The molecule has 0 heterocycles. The second-order valence-corrected chi connectivity index (χ2v) is 5.30. The minimum Gasteiger partial charge on any atom is -0.399 e. The van der Waals surface area contributed by atoms with E-state index in [1.165, 1.54) is 18.2 Å². The van der Waals surface area contributed by atoms with Crippen molar-refractivity contribution >= 4 is 38.9 Å². The van der Waals surface area contributed by atoms with Crippen molar-refractivity contribution in [2.75, 3.05) is 11.1 Å². The number of halogens is 1. The first-order chi connectivity index (χ1) is 9.88. The summed E-state index contributed by atoms with van der Waals surface area (Å²) in [4.78, 5) is 22.5. The number of carbonyl (C=O) groups excluding carboxylic acids is 1. The predicted molar refractivity (Wildman–Crippen MR) is 84.3 cm³/mol. The van der Waals surface area contributed by atoms with Crippen LogP contribution in [0.2, 0.25) is 0 Å². The van der Waals surface area contributed by atoms with Gasteiger partial charge in [-0.15, -0.1) is 0 Å². The molecule has 0 fully saturated rings. The van der Waals surface area contributed by atoms with Gasteiger partial charge in [0.15, 0.2) is 0 Å². The Morgan fingerprint density at radius 1 is 1.29 bits per heavy atom. The van der Waals surface area contributed by atoms with Crippen LogP contribution >= 0.6 is 15.9 Å². The molecule has 0 radical (unpaired) electrons. The molecule has 21 heavy (non-hydrogen) atoms. The summed E-state index contributed by atoms with van der Waals surface area (Å²) >= 11 is 3.28. The summed E-state index contributed by atoms with van der Waals surface area (Å²) < 4.78 is 0.595. The van der Waals surface area contributed by atoms with Crippen LogP contribution in [-0.2, 0) is 0 Å². The number of nitrogens with zero attached hydrogens (tertiary/aromatic N) is 1. The number of benzene rings is 2. The second-order valence-electron chi connectivity index (χ2n) is 4.45. The van der Waals surface area contributed by atoms with Crippen LogP contribution in [0, 0.1) is 17.0 Å². The molecule has 2 rings (SSSR count). The zero-order valence-electron chi connectivity index (χ0n) is 11.1. The highest BCUT2D eigenvalue weighted by atomic mass is 79.9. The second kappa shape index (κ2) is 5.92. The van der Waals surface area contributed by atoms with E-state index in [9.17, 15) is 14.9 Å². The van der Waals surface area contributed by atoms with E-state index in [4.69, 9.17) is 5.73 Å². The number of nitrogens with one attached hydrogen (secondary N) is 1. The highest BCUT2D eigenvalue weighted by Gasteiger charge is 2.14. The molecule has 2 aromatic carbocycles. The van der Waals surface area contributed by atoms with Gasteiger partial charge in [-0.25, -0.2) is 0 Å². The first-order valence-corrected chi connectivity index (χ1v) is 6.79. The Hall–Kier alpha value is -2.41. The molecule has 1 amide bonds. The summed E-state index contributed by atoms with van der Waals surface area (Å²) in [6.07, 6.45) is 0. The fourth-order valence-electron chi connectivity index (χ4n) is 1.76. The first kappa shape index (κ1) is 15.0. The Balaban J connectivity index is 2.33. The highest BCUT2D eigenvalue weighted by Crippen LogP contribution is 2.25. The third-order valence-electron chi connectivity index (χ3n) is 2.92. The third-order valence-corrected chi connectivity index (χ3v) is 3.61. The summed E-state index contributed by atoms with van der Waals surface area (Å²) in [6, 6.07) is 9.17. The van der Waals surface area contributed by atoms with E-state index in [0.29, 0.717) is 21.4 Å². The Morgan fingerprint density at radius 3 is 2.67 bits per heavy atom. The summed E-state index contributed by atoms with van der Waals surface area (Å²) in [5.74, 6) is -0.391. The Bertz CT molecular complexity index is 731. The molecule has 7 heteroatoms. The summed E-state index contributed by atoms with van der Waals surface area (Å²) in [5, 5.41) is 13.4. The van der Waals surface area contributed by atoms with Crippen molar-refractivity contribution in [3.8, 4) is 0 Å². The van der Waals surface area contributed by atoms with Crippen LogP contribution in [0.4, 0.5) is 17.1 Å². The molecule has 0 aliphatic heterocycles. The molecule has 0 aliphatic rings. The van der Waals surface area contributed by atoms with Crippen LogP contribution in [0.3, 0.4) is 0 Å². The molecule has 3 N–H and O–H groups in total. The van der Waals surface area contributed by atoms with Gasteiger partial charge >= 0.3 is 0 Å². The molecule has 0 saturated heterocycles. The molecule has 0 bridgehead atoms. The Kier molecular flexibility index (Phi) is 4.23. The average molecular weight is 350 g/mol. The van der Waals surface area contributed by atoms with Crippen molar-refractivity contribution < 1.29 is 9.72 Å². The topological polar surface area (TPSA) is 98.3 Å². The predicted octanol–water partition coefficient (Wildman–Crippen LogP) is 3.50. The van der Waals surface area contributed by atoms with Gasteiger partial charge in [0.25, 0.3) is 11.6 Å². The average Bonchev–Trinajstić information content (AvgIpc) is 2.43. The Morgan fingerprint density at radius 2 is 2.00 bits per heavy atom. The molecule has 0 saturated carbocycles. The SMILES string of the molecule is Cc1ccc([N+](=O)[O-])cc1NC(=O)c1cc(N)ccc1Br. The number of anilines is 2. The molecule has 0 unspecified atom stereocenters. The number of hydrogen-bond acceptors (Lipinski definition) is 4. The fourth-order valence-corrected chi connectivity index (χ4v) is 2.19. The number of amides is 1. The maximum atomic E-state index is 12.3. The monoisotopic (exact) mass is 349 g/mol. The first-order valence-electron chi connectivity index (χ1n) is 6.00. The number of rotatable bonds is 3. The van der Waals surface area contributed by atoms with Crippen LogP contribution in [0.25, 0.3) is 0 Å². The number of non-ortho nitro benzene ring substituents is 1. The van der Waals surface area contributed by atoms with E-state index in [2.05, 4.69) is 21.2 Å². The third kappa shape index (κ3) is 3.38. The van der Waals surface area contributed by atoms with Gasteiger partial charge in [-0.05, 0) is 46.6 Å². The van der Waals surface area contributed by atoms with Crippen LogP contribution < -0.4 is 11.1 Å². The van der Waals surface area contributed by atoms with E-state index >= 15 is 0 Å². The van der Waals surface area contributed by atoms with Crippen LogP contribution in [-0.4, -0.2) is 10.8 Å².